The van der Waals surface area contributed by atoms with Gasteiger partial charge in [0, 0.05) is 6.07 Å². The summed E-state index contributed by atoms with van der Waals surface area (Å²) in [5.41, 5.74) is 0.00250. The van der Waals surface area contributed by atoms with Gasteiger partial charge < -0.3 is 4.74 Å². The molecular formula is C11H12FNO3. The lowest BCUT2D eigenvalue weighted by atomic mass is 10.2. The first-order valence-corrected chi connectivity index (χ1v) is 5.00. The number of methoxy groups -OCH3 is 1. The van der Waals surface area contributed by atoms with Gasteiger partial charge in [-0.3, -0.25) is 9.63 Å². The molecule has 1 aliphatic rings. The number of hydrogen-bond donors (Lipinski definition) is 0. The van der Waals surface area contributed by atoms with Crippen LogP contribution in [0.5, 0.6) is 5.75 Å². The van der Waals surface area contributed by atoms with Crippen LogP contribution in [0.2, 0.25) is 0 Å². The Labute approximate surface area is 92.5 Å². The molecule has 4 nitrogen and oxygen atoms in total. The van der Waals surface area contributed by atoms with E-state index in [0.29, 0.717) is 18.9 Å². The zero-order valence-electron chi connectivity index (χ0n) is 8.90. The number of carbonyl (C=O) groups excluding carboxylic acids is 1. The van der Waals surface area contributed by atoms with Crippen molar-refractivity contribution in [3.05, 3.63) is 29.6 Å². The number of hydrogen-bond acceptors (Lipinski definition) is 3. The maximum atomic E-state index is 13.6. The van der Waals surface area contributed by atoms with Gasteiger partial charge in [0.2, 0.25) is 0 Å². The summed E-state index contributed by atoms with van der Waals surface area (Å²) in [7, 11) is 1.44. The number of nitrogens with zero attached hydrogens (tertiary/aromatic N) is 1. The number of ether oxygens (including phenoxy) is 1. The molecule has 0 spiro atoms. The lowest BCUT2D eigenvalue weighted by molar-refractivity contribution is -0.0770. The number of hydroxylamine groups is 2. The van der Waals surface area contributed by atoms with Gasteiger partial charge in [-0.15, -0.1) is 0 Å². The van der Waals surface area contributed by atoms with Gasteiger partial charge in [0.25, 0.3) is 5.91 Å². The van der Waals surface area contributed by atoms with Crippen LogP contribution in [0.25, 0.3) is 0 Å². The number of benzene rings is 1. The smallest absolute Gasteiger partial charge is 0.280 e. The number of amides is 1. The minimum absolute atomic E-state index is 0.00250. The highest BCUT2D eigenvalue weighted by Gasteiger charge is 2.23. The van der Waals surface area contributed by atoms with Gasteiger partial charge in [-0.2, -0.15) is 0 Å². The highest BCUT2D eigenvalue weighted by atomic mass is 19.1. The van der Waals surface area contributed by atoms with Gasteiger partial charge in [-0.1, -0.05) is 0 Å². The predicted molar refractivity (Wildman–Crippen MR) is 54.6 cm³/mol. The third kappa shape index (κ3) is 1.99. The first-order chi connectivity index (χ1) is 7.72. The molecule has 0 bridgehead atoms. The van der Waals surface area contributed by atoms with Gasteiger partial charge in [0.05, 0.1) is 25.8 Å². The van der Waals surface area contributed by atoms with E-state index in [4.69, 9.17) is 9.57 Å². The average molecular weight is 225 g/mol. The molecule has 2 rings (SSSR count). The summed E-state index contributed by atoms with van der Waals surface area (Å²) in [5.74, 6) is -0.658. The number of rotatable bonds is 2. The summed E-state index contributed by atoms with van der Waals surface area (Å²) in [4.78, 5) is 16.9. The van der Waals surface area contributed by atoms with Gasteiger partial charge in [-0.25, -0.2) is 9.45 Å². The van der Waals surface area contributed by atoms with E-state index in [-0.39, 0.29) is 5.56 Å². The van der Waals surface area contributed by atoms with Crippen molar-refractivity contribution >= 4 is 5.91 Å². The monoisotopic (exact) mass is 225 g/mol. The van der Waals surface area contributed by atoms with E-state index < -0.39 is 11.7 Å². The maximum absolute atomic E-state index is 13.6. The molecule has 1 aromatic carbocycles. The standard InChI is InChI=1S/C11H12FNO3/c1-15-8-3-4-9(10(12)7-8)11(14)13-5-2-6-16-13/h3-4,7H,2,5-6H2,1H3. The van der Waals surface area contributed by atoms with E-state index in [2.05, 4.69) is 0 Å². The molecule has 0 aliphatic carbocycles. The van der Waals surface area contributed by atoms with Gasteiger partial charge in [0.1, 0.15) is 11.6 Å². The number of carbonyl (C=O) groups is 1. The van der Waals surface area contributed by atoms with E-state index in [0.717, 1.165) is 6.42 Å². The Morgan fingerprint density at radius 1 is 1.56 bits per heavy atom. The quantitative estimate of drug-likeness (QED) is 0.767. The first kappa shape index (κ1) is 10.9. The van der Waals surface area contributed by atoms with Crippen LogP contribution in [0.3, 0.4) is 0 Å². The van der Waals surface area contributed by atoms with Gasteiger partial charge in [0.15, 0.2) is 0 Å². The Kier molecular flexibility index (Phi) is 3.05. The second kappa shape index (κ2) is 4.49. The van der Waals surface area contributed by atoms with Crippen LogP contribution in [0.15, 0.2) is 18.2 Å². The molecule has 0 N–H and O–H groups in total. The van der Waals surface area contributed by atoms with Crippen LogP contribution in [0, 0.1) is 5.82 Å². The SMILES string of the molecule is COc1ccc(C(=O)N2CCCO2)c(F)c1. The molecule has 86 valence electrons. The van der Waals surface area contributed by atoms with Crippen molar-refractivity contribution in [1.29, 1.82) is 0 Å². The van der Waals surface area contributed by atoms with Gasteiger partial charge in [-0.05, 0) is 18.6 Å². The summed E-state index contributed by atoms with van der Waals surface area (Å²) < 4.78 is 18.4. The Bertz CT molecular complexity index is 402. The van der Waals surface area contributed by atoms with Crippen molar-refractivity contribution in [2.75, 3.05) is 20.3 Å². The molecule has 1 heterocycles. The minimum Gasteiger partial charge on any atom is -0.497 e. The Morgan fingerprint density at radius 3 is 2.94 bits per heavy atom. The molecule has 1 amide bonds. The summed E-state index contributed by atoms with van der Waals surface area (Å²) in [6.07, 6.45) is 0.781. The van der Waals surface area contributed by atoms with E-state index in [1.165, 1.54) is 24.3 Å². The number of halogens is 1. The van der Waals surface area contributed by atoms with Crippen molar-refractivity contribution in [3.8, 4) is 5.75 Å². The lowest BCUT2D eigenvalue weighted by Gasteiger charge is -2.14. The fourth-order valence-electron chi connectivity index (χ4n) is 1.54. The van der Waals surface area contributed by atoms with E-state index in [9.17, 15) is 9.18 Å². The summed E-state index contributed by atoms with van der Waals surface area (Å²) in [5, 5.41) is 1.19. The second-order valence-corrected chi connectivity index (χ2v) is 3.44. The molecule has 5 heteroatoms. The van der Waals surface area contributed by atoms with Crippen molar-refractivity contribution < 1.29 is 18.8 Å². The molecular weight excluding hydrogens is 213 g/mol. The van der Waals surface area contributed by atoms with Crippen molar-refractivity contribution in [3.63, 3.8) is 0 Å². The summed E-state index contributed by atoms with van der Waals surface area (Å²) in [6.45, 7) is 1.01. The highest BCUT2D eigenvalue weighted by molar-refractivity contribution is 5.94. The van der Waals surface area contributed by atoms with Crippen LogP contribution < -0.4 is 4.74 Å². The normalized spacial score (nSPS) is 15.2. The fourth-order valence-corrected chi connectivity index (χ4v) is 1.54. The van der Waals surface area contributed by atoms with Crippen LogP contribution >= 0.6 is 0 Å². The average Bonchev–Trinajstić information content (AvgIpc) is 2.81. The largest absolute Gasteiger partial charge is 0.497 e. The topological polar surface area (TPSA) is 38.8 Å². The maximum Gasteiger partial charge on any atom is 0.280 e. The molecule has 1 saturated heterocycles. The molecule has 0 radical (unpaired) electrons. The Morgan fingerprint density at radius 2 is 2.38 bits per heavy atom. The molecule has 0 unspecified atom stereocenters. The Hall–Kier alpha value is -1.62. The lowest BCUT2D eigenvalue weighted by Crippen LogP contribution is -2.27. The second-order valence-electron chi connectivity index (χ2n) is 3.44. The van der Waals surface area contributed by atoms with Crippen molar-refractivity contribution in [1.82, 2.24) is 5.06 Å². The third-order valence-electron chi connectivity index (χ3n) is 2.39. The molecule has 0 saturated carbocycles. The van der Waals surface area contributed by atoms with E-state index in [1.807, 2.05) is 0 Å². The van der Waals surface area contributed by atoms with Gasteiger partial charge >= 0.3 is 0 Å². The third-order valence-corrected chi connectivity index (χ3v) is 2.39. The summed E-state index contributed by atoms with van der Waals surface area (Å²) in [6, 6.07) is 4.13. The van der Waals surface area contributed by atoms with Crippen LogP contribution in [-0.4, -0.2) is 31.2 Å². The molecule has 1 aromatic rings. The van der Waals surface area contributed by atoms with Crippen molar-refractivity contribution in [2.45, 2.75) is 6.42 Å². The zero-order chi connectivity index (χ0) is 11.5. The summed E-state index contributed by atoms with van der Waals surface area (Å²) >= 11 is 0. The predicted octanol–water partition coefficient (Wildman–Crippen LogP) is 1.61. The fraction of sp³-hybridized carbons (Fsp3) is 0.364. The highest BCUT2D eigenvalue weighted by Crippen LogP contribution is 2.19. The van der Waals surface area contributed by atoms with Crippen LogP contribution in [0.1, 0.15) is 16.8 Å². The van der Waals surface area contributed by atoms with Crippen molar-refractivity contribution in [2.24, 2.45) is 0 Å². The molecule has 1 aliphatic heterocycles. The molecule has 0 aromatic heterocycles. The van der Waals surface area contributed by atoms with E-state index >= 15 is 0 Å². The Balaban J connectivity index is 2.22. The van der Waals surface area contributed by atoms with Crippen LogP contribution in [0.4, 0.5) is 4.39 Å². The molecule has 16 heavy (non-hydrogen) atoms. The first-order valence-electron chi connectivity index (χ1n) is 5.00. The van der Waals surface area contributed by atoms with E-state index in [1.54, 1.807) is 6.07 Å². The molecule has 1 fully saturated rings. The minimum atomic E-state index is -0.597. The zero-order valence-corrected chi connectivity index (χ0v) is 8.90. The van der Waals surface area contributed by atoms with Crippen LogP contribution in [-0.2, 0) is 4.84 Å². The molecule has 0 atom stereocenters.